The van der Waals surface area contributed by atoms with Gasteiger partial charge in [-0.2, -0.15) is 0 Å². The van der Waals surface area contributed by atoms with E-state index in [1.54, 1.807) is 0 Å². The molecule has 0 radical (unpaired) electrons. The first-order valence-electron chi connectivity index (χ1n) is 9.20. The lowest BCUT2D eigenvalue weighted by molar-refractivity contribution is 0.117. The van der Waals surface area contributed by atoms with Gasteiger partial charge in [0.15, 0.2) is 0 Å². The van der Waals surface area contributed by atoms with Crippen LogP contribution in [0.1, 0.15) is 44.1 Å². The van der Waals surface area contributed by atoms with E-state index >= 15 is 0 Å². The van der Waals surface area contributed by atoms with Gasteiger partial charge < -0.3 is 15.7 Å². The second kappa shape index (κ2) is 8.49. The number of carbonyl (C=O) groups is 1. The lowest BCUT2D eigenvalue weighted by atomic mass is 9.93. The van der Waals surface area contributed by atoms with Crippen LogP contribution in [-0.2, 0) is 6.54 Å². The van der Waals surface area contributed by atoms with Gasteiger partial charge in [-0.25, -0.2) is 4.79 Å². The van der Waals surface area contributed by atoms with Gasteiger partial charge in [-0.3, -0.25) is 4.90 Å². The molecule has 2 aliphatic rings. The summed E-state index contributed by atoms with van der Waals surface area (Å²) in [6.45, 7) is 3.04. The zero-order valence-corrected chi connectivity index (χ0v) is 14.3. The molecule has 5 heteroatoms. The first-order chi connectivity index (χ1) is 11.7. The summed E-state index contributed by atoms with van der Waals surface area (Å²) in [5, 5.41) is 15.7. The van der Waals surface area contributed by atoms with Gasteiger partial charge in [0.25, 0.3) is 0 Å². The molecule has 1 saturated carbocycles. The van der Waals surface area contributed by atoms with Gasteiger partial charge in [0.1, 0.15) is 0 Å². The Morgan fingerprint density at radius 2 is 1.54 bits per heavy atom. The molecule has 1 aliphatic carbocycles. The molecule has 132 valence electrons. The number of carbonyl (C=O) groups excluding carboxylic acids is 1. The van der Waals surface area contributed by atoms with Crippen molar-refractivity contribution in [1.82, 2.24) is 15.5 Å². The first kappa shape index (κ1) is 17.2. The smallest absolute Gasteiger partial charge is 0.315 e. The molecule has 0 aromatic heterocycles. The number of nitrogens with one attached hydrogen (secondary N) is 2. The molecular weight excluding hydrogens is 302 g/mol. The predicted octanol–water partition coefficient (Wildman–Crippen LogP) is 2.25. The third kappa shape index (κ3) is 5.21. The highest BCUT2D eigenvalue weighted by Crippen LogP contribution is 2.18. The van der Waals surface area contributed by atoms with Crippen molar-refractivity contribution in [2.24, 2.45) is 0 Å². The van der Waals surface area contributed by atoms with E-state index in [2.05, 4.69) is 39.8 Å². The number of hydrogen-bond donors (Lipinski definition) is 3. The lowest BCUT2D eigenvalue weighted by Gasteiger charge is -2.33. The molecule has 5 nitrogen and oxygen atoms in total. The zero-order valence-electron chi connectivity index (χ0n) is 14.3. The maximum atomic E-state index is 12.1. The van der Waals surface area contributed by atoms with E-state index in [1.807, 2.05) is 6.07 Å². The van der Waals surface area contributed by atoms with Crippen LogP contribution in [0, 0.1) is 0 Å². The second-order valence-electron chi connectivity index (χ2n) is 7.16. The topological polar surface area (TPSA) is 64.6 Å². The highest BCUT2D eigenvalue weighted by atomic mass is 16.3. The van der Waals surface area contributed by atoms with Crippen LogP contribution in [0.25, 0.3) is 0 Å². The van der Waals surface area contributed by atoms with Crippen molar-refractivity contribution >= 4 is 6.03 Å². The minimum absolute atomic E-state index is 0.0436. The molecule has 3 N–H and O–H groups in total. The molecule has 2 amide bonds. The fourth-order valence-corrected chi connectivity index (χ4v) is 3.71. The van der Waals surface area contributed by atoms with Gasteiger partial charge in [0.2, 0.25) is 0 Å². The van der Waals surface area contributed by atoms with E-state index in [1.165, 1.54) is 5.56 Å². The average molecular weight is 331 g/mol. The molecule has 1 heterocycles. The Hall–Kier alpha value is -1.59. The van der Waals surface area contributed by atoms with E-state index < -0.39 is 0 Å². The summed E-state index contributed by atoms with van der Waals surface area (Å²) in [6, 6.07) is 11.0. The third-order valence-corrected chi connectivity index (χ3v) is 5.20. The van der Waals surface area contributed by atoms with Gasteiger partial charge in [-0.05, 0) is 44.1 Å². The maximum Gasteiger partial charge on any atom is 0.315 e. The molecule has 1 aromatic rings. The number of likely N-dealkylation sites (tertiary alicyclic amines) is 1. The van der Waals surface area contributed by atoms with Crippen molar-refractivity contribution in [3.05, 3.63) is 35.9 Å². The summed E-state index contributed by atoms with van der Waals surface area (Å²) in [5.41, 5.74) is 1.35. The van der Waals surface area contributed by atoms with Crippen LogP contribution in [-0.4, -0.2) is 47.3 Å². The minimum atomic E-state index is -0.181. The Morgan fingerprint density at radius 3 is 2.17 bits per heavy atom. The molecule has 1 saturated heterocycles. The Morgan fingerprint density at radius 1 is 0.958 bits per heavy atom. The number of amides is 2. The van der Waals surface area contributed by atoms with Crippen LogP contribution in [0.5, 0.6) is 0 Å². The monoisotopic (exact) mass is 331 g/mol. The van der Waals surface area contributed by atoms with Crippen LogP contribution in [0.2, 0.25) is 0 Å². The number of benzene rings is 1. The van der Waals surface area contributed by atoms with Gasteiger partial charge in [-0.1, -0.05) is 30.3 Å². The summed E-state index contributed by atoms with van der Waals surface area (Å²) < 4.78 is 0. The van der Waals surface area contributed by atoms with Crippen molar-refractivity contribution < 1.29 is 9.90 Å². The van der Waals surface area contributed by atoms with Crippen molar-refractivity contribution in [1.29, 1.82) is 0 Å². The number of piperidine rings is 1. The van der Waals surface area contributed by atoms with Crippen molar-refractivity contribution in [2.45, 2.75) is 63.3 Å². The first-order valence-corrected chi connectivity index (χ1v) is 9.20. The van der Waals surface area contributed by atoms with E-state index in [9.17, 15) is 9.90 Å². The average Bonchev–Trinajstić information content (AvgIpc) is 2.60. The van der Waals surface area contributed by atoms with Gasteiger partial charge in [0.05, 0.1) is 6.10 Å². The number of aliphatic hydroxyl groups excluding tert-OH is 1. The van der Waals surface area contributed by atoms with Crippen LogP contribution >= 0.6 is 0 Å². The van der Waals surface area contributed by atoms with Crippen LogP contribution in [0.4, 0.5) is 4.79 Å². The highest BCUT2D eigenvalue weighted by Gasteiger charge is 2.24. The zero-order chi connectivity index (χ0) is 16.8. The fraction of sp³-hybridized carbons (Fsp3) is 0.632. The standard InChI is InChI=1S/C19H29N3O2/c23-18-8-6-16(7-9-18)20-19(24)21-17-10-12-22(13-11-17)14-15-4-2-1-3-5-15/h1-5,16-18,23H,6-14H2,(H2,20,21,24). The number of rotatable bonds is 4. The normalized spacial score (nSPS) is 26.0. The maximum absolute atomic E-state index is 12.1. The van der Waals surface area contributed by atoms with E-state index in [4.69, 9.17) is 0 Å². The molecule has 1 aliphatic heterocycles. The van der Waals surface area contributed by atoms with Gasteiger partial charge in [0, 0.05) is 31.7 Å². The van der Waals surface area contributed by atoms with Crippen molar-refractivity contribution in [2.75, 3.05) is 13.1 Å². The molecule has 0 atom stereocenters. The lowest BCUT2D eigenvalue weighted by Crippen LogP contribution is -2.50. The minimum Gasteiger partial charge on any atom is -0.393 e. The SMILES string of the molecule is O=C(NC1CCC(O)CC1)NC1CCN(Cc2ccccc2)CC1. The van der Waals surface area contributed by atoms with Gasteiger partial charge >= 0.3 is 6.03 Å². The fourth-order valence-electron chi connectivity index (χ4n) is 3.71. The van der Waals surface area contributed by atoms with Crippen molar-refractivity contribution in [3.8, 4) is 0 Å². The second-order valence-corrected chi connectivity index (χ2v) is 7.16. The molecule has 0 unspecified atom stereocenters. The Bertz CT molecular complexity index is 507. The summed E-state index contributed by atoms with van der Waals surface area (Å²) in [4.78, 5) is 14.6. The number of urea groups is 1. The molecule has 2 fully saturated rings. The Labute approximate surface area is 144 Å². The summed E-state index contributed by atoms with van der Waals surface area (Å²) in [7, 11) is 0. The number of nitrogens with zero attached hydrogens (tertiary/aromatic N) is 1. The van der Waals surface area contributed by atoms with E-state index in [-0.39, 0.29) is 24.2 Å². The van der Waals surface area contributed by atoms with Crippen molar-refractivity contribution in [3.63, 3.8) is 0 Å². The highest BCUT2D eigenvalue weighted by molar-refractivity contribution is 5.74. The Kier molecular flexibility index (Phi) is 6.10. The molecule has 3 rings (SSSR count). The van der Waals surface area contributed by atoms with E-state index in [0.29, 0.717) is 0 Å². The molecular formula is C19H29N3O2. The Balaban J connectivity index is 1.35. The summed E-state index contributed by atoms with van der Waals surface area (Å²) >= 11 is 0. The summed E-state index contributed by atoms with van der Waals surface area (Å²) in [6.07, 6.45) is 5.17. The number of aliphatic hydroxyl groups is 1. The van der Waals surface area contributed by atoms with Crippen LogP contribution in [0.3, 0.4) is 0 Å². The van der Waals surface area contributed by atoms with E-state index in [0.717, 1.165) is 58.2 Å². The molecule has 1 aromatic carbocycles. The largest absolute Gasteiger partial charge is 0.393 e. The summed E-state index contributed by atoms with van der Waals surface area (Å²) in [5.74, 6) is 0. The van der Waals surface area contributed by atoms with Gasteiger partial charge in [-0.15, -0.1) is 0 Å². The molecule has 24 heavy (non-hydrogen) atoms. The predicted molar refractivity (Wildman–Crippen MR) is 94.7 cm³/mol. The quantitative estimate of drug-likeness (QED) is 0.793. The molecule has 0 bridgehead atoms. The van der Waals surface area contributed by atoms with Crippen LogP contribution < -0.4 is 10.6 Å². The number of hydrogen-bond acceptors (Lipinski definition) is 3. The van der Waals surface area contributed by atoms with Crippen LogP contribution in [0.15, 0.2) is 30.3 Å². The molecule has 0 spiro atoms. The third-order valence-electron chi connectivity index (χ3n) is 5.20.